The summed E-state index contributed by atoms with van der Waals surface area (Å²) in [4.78, 5) is 23.4. The molecule has 7 nitrogen and oxygen atoms in total. The van der Waals surface area contributed by atoms with Gasteiger partial charge in [0.05, 0.1) is 11.8 Å². The van der Waals surface area contributed by atoms with Gasteiger partial charge in [-0.2, -0.15) is 0 Å². The third-order valence-corrected chi connectivity index (χ3v) is 3.43. The molecule has 1 aromatic heterocycles. The van der Waals surface area contributed by atoms with Crippen molar-refractivity contribution in [3.63, 3.8) is 0 Å². The molecule has 2 N–H and O–H groups in total. The van der Waals surface area contributed by atoms with E-state index in [1.807, 2.05) is 53.1 Å². The van der Waals surface area contributed by atoms with Crippen LogP contribution in [0.15, 0.2) is 30.3 Å². The maximum Gasteiger partial charge on any atom is 0.274 e. The Morgan fingerprint density at radius 2 is 1.96 bits per heavy atom. The zero-order valence-corrected chi connectivity index (χ0v) is 16.0. The molecule has 2 rings (SSSR count). The number of hydrogen-bond donors (Lipinski definition) is 2. The van der Waals surface area contributed by atoms with Crippen molar-refractivity contribution in [3.8, 4) is 5.75 Å². The summed E-state index contributed by atoms with van der Waals surface area (Å²) in [6.07, 6.45) is 0.0156. The summed E-state index contributed by atoms with van der Waals surface area (Å²) in [5, 5.41) is 6.02. The van der Waals surface area contributed by atoms with E-state index in [9.17, 15) is 4.79 Å². The summed E-state index contributed by atoms with van der Waals surface area (Å²) in [6.45, 7) is 7.27. The first-order valence-corrected chi connectivity index (χ1v) is 8.66. The lowest BCUT2D eigenvalue weighted by molar-refractivity contribution is 0.102. The Morgan fingerprint density at radius 3 is 2.65 bits per heavy atom. The highest BCUT2D eigenvalue weighted by Crippen LogP contribution is 2.25. The lowest BCUT2D eigenvalue weighted by Gasteiger charge is -2.15. The number of anilines is 2. The second-order valence-corrected chi connectivity index (χ2v) is 6.57. The summed E-state index contributed by atoms with van der Waals surface area (Å²) < 4.78 is 5.74. The molecule has 0 unspecified atom stereocenters. The molecule has 1 aromatic carbocycles. The normalized spacial score (nSPS) is 10.9. The number of para-hydroxylation sites is 2. The molecule has 7 heteroatoms. The Labute approximate surface area is 154 Å². The zero-order chi connectivity index (χ0) is 19.1. The molecule has 0 aliphatic carbocycles. The second-order valence-electron chi connectivity index (χ2n) is 6.57. The lowest BCUT2D eigenvalue weighted by atomic mass is 10.2. The Morgan fingerprint density at radius 1 is 1.23 bits per heavy atom. The maximum atomic E-state index is 12.6. The quantitative estimate of drug-likeness (QED) is 0.756. The monoisotopic (exact) mass is 357 g/mol. The van der Waals surface area contributed by atoms with Crippen molar-refractivity contribution in [1.29, 1.82) is 0 Å². The molecule has 0 fully saturated rings. The number of carbonyl (C=O) groups is 1. The first-order valence-electron chi connectivity index (χ1n) is 8.66. The van der Waals surface area contributed by atoms with Crippen molar-refractivity contribution in [3.05, 3.63) is 41.7 Å². The highest BCUT2D eigenvalue weighted by Gasteiger charge is 2.14. The van der Waals surface area contributed by atoms with Gasteiger partial charge in [0.2, 0.25) is 5.95 Å². The predicted octanol–water partition coefficient (Wildman–Crippen LogP) is 2.80. The number of carbonyl (C=O) groups excluding carboxylic acids is 1. The van der Waals surface area contributed by atoms with Crippen LogP contribution in [0.4, 0.5) is 11.6 Å². The first-order chi connectivity index (χ1) is 12.3. The molecule has 0 aliphatic heterocycles. The van der Waals surface area contributed by atoms with Crippen LogP contribution >= 0.6 is 0 Å². The molecular formula is C19H27N5O2. The number of aromatic nitrogens is 2. The number of likely N-dealkylation sites (N-methyl/N-ethyl adjacent to an activating group) is 1. The molecule has 0 bridgehead atoms. The molecule has 0 spiro atoms. The summed E-state index contributed by atoms with van der Waals surface area (Å²) in [7, 11) is 3.99. The molecule has 0 atom stereocenters. The Hall–Kier alpha value is -2.67. The fourth-order valence-electron chi connectivity index (χ4n) is 2.27. The van der Waals surface area contributed by atoms with Gasteiger partial charge in [0.15, 0.2) is 0 Å². The maximum absolute atomic E-state index is 12.6. The predicted molar refractivity (Wildman–Crippen MR) is 104 cm³/mol. The number of hydrogen-bond acceptors (Lipinski definition) is 6. The lowest BCUT2D eigenvalue weighted by Crippen LogP contribution is -2.22. The van der Waals surface area contributed by atoms with Crippen LogP contribution in [0.2, 0.25) is 0 Å². The summed E-state index contributed by atoms with van der Waals surface area (Å²) >= 11 is 0. The molecule has 140 valence electrons. The Kier molecular flexibility index (Phi) is 6.91. The summed E-state index contributed by atoms with van der Waals surface area (Å²) in [5.74, 6) is 0.778. The van der Waals surface area contributed by atoms with Crippen LogP contribution in [0.3, 0.4) is 0 Å². The first kappa shape index (κ1) is 19.7. The van der Waals surface area contributed by atoms with E-state index in [0.29, 0.717) is 29.6 Å². The molecule has 0 aliphatic rings. The van der Waals surface area contributed by atoms with Crippen molar-refractivity contribution in [2.45, 2.75) is 26.9 Å². The van der Waals surface area contributed by atoms with Crippen LogP contribution in [0.5, 0.6) is 5.75 Å². The van der Waals surface area contributed by atoms with Gasteiger partial charge < -0.3 is 20.3 Å². The van der Waals surface area contributed by atoms with E-state index in [1.165, 1.54) is 0 Å². The minimum atomic E-state index is -0.300. The Bertz CT molecular complexity index is 746. The van der Waals surface area contributed by atoms with Crippen molar-refractivity contribution in [1.82, 2.24) is 14.9 Å². The van der Waals surface area contributed by atoms with Gasteiger partial charge in [-0.15, -0.1) is 0 Å². The van der Waals surface area contributed by atoms with E-state index in [4.69, 9.17) is 4.74 Å². The van der Waals surface area contributed by atoms with E-state index < -0.39 is 0 Å². The van der Waals surface area contributed by atoms with Gasteiger partial charge in [0.25, 0.3) is 5.91 Å². The van der Waals surface area contributed by atoms with Crippen LogP contribution in [-0.4, -0.2) is 54.1 Å². The summed E-state index contributed by atoms with van der Waals surface area (Å²) in [6, 6.07) is 9.02. The minimum Gasteiger partial charge on any atom is -0.489 e. The van der Waals surface area contributed by atoms with Crippen molar-refractivity contribution in [2.24, 2.45) is 0 Å². The van der Waals surface area contributed by atoms with E-state index in [0.717, 1.165) is 12.2 Å². The topological polar surface area (TPSA) is 79.4 Å². The van der Waals surface area contributed by atoms with Crippen LogP contribution < -0.4 is 15.4 Å². The third-order valence-electron chi connectivity index (χ3n) is 3.43. The zero-order valence-electron chi connectivity index (χ0n) is 16.0. The van der Waals surface area contributed by atoms with E-state index >= 15 is 0 Å². The number of nitrogens with one attached hydrogen (secondary N) is 2. The molecule has 2 aromatic rings. The number of benzene rings is 1. The van der Waals surface area contributed by atoms with Crippen LogP contribution in [0.1, 0.15) is 30.0 Å². The Balaban J connectivity index is 2.13. The highest BCUT2D eigenvalue weighted by atomic mass is 16.5. The van der Waals surface area contributed by atoms with Crippen LogP contribution in [0, 0.1) is 6.92 Å². The number of amides is 1. The van der Waals surface area contributed by atoms with Gasteiger partial charge >= 0.3 is 0 Å². The van der Waals surface area contributed by atoms with E-state index in [-0.39, 0.29) is 12.0 Å². The van der Waals surface area contributed by atoms with Gasteiger partial charge in [-0.3, -0.25) is 4.79 Å². The molecule has 26 heavy (non-hydrogen) atoms. The third kappa shape index (κ3) is 6.00. The molecule has 1 heterocycles. The van der Waals surface area contributed by atoms with Gasteiger partial charge in [-0.25, -0.2) is 9.97 Å². The van der Waals surface area contributed by atoms with E-state index in [2.05, 4.69) is 25.5 Å². The highest BCUT2D eigenvalue weighted by molar-refractivity contribution is 6.03. The number of ether oxygens (including phenoxy) is 1. The van der Waals surface area contributed by atoms with E-state index in [1.54, 1.807) is 12.1 Å². The van der Waals surface area contributed by atoms with Crippen LogP contribution in [-0.2, 0) is 0 Å². The number of aryl methyl sites for hydroxylation is 1. The van der Waals surface area contributed by atoms with Gasteiger partial charge in [-0.1, -0.05) is 12.1 Å². The minimum absolute atomic E-state index is 0.0156. The smallest absolute Gasteiger partial charge is 0.274 e. The standard InChI is InChI=1S/C19H27N5O2/c1-13(2)26-17-9-7-6-8-15(17)22-18(25)16-12-14(3)21-19(23-16)20-10-11-24(4)5/h6-9,12-13H,10-11H2,1-5H3,(H,22,25)(H,20,21,23). The SMILES string of the molecule is Cc1cc(C(=O)Nc2ccccc2OC(C)C)nc(NCCN(C)C)n1. The molecule has 1 amide bonds. The fourth-order valence-corrected chi connectivity index (χ4v) is 2.27. The molecule has 0 saturated heterocycles. The number of nitrogens with zero attached hydrogens (tertiary/aromatic N) is 3. The number of rotatable bonds is 8. The largest absolute Gasteiger partial charge is 0.489 e. The molecule has 0 saturated carbocycles. The van der Waals surface area contributed by atoms with Gasteiger partial charge in [0, 0.05) is 18.8 Å². The van der Waals surface area contributed by atoms with Gasteiger partial charge in [0.1, 0.15) is 11.4 Å². The summed E-state index contributed by atoms with van der Waals surface area (Å²) in [5.41, 5.74) is 1.65. The molecule has 0 radical (unpaired) electrons. The fraction of sp³-hybridized carbons (Fsp3) is 0.421. The van der Waals surface area contributed by atoms with Crippen molar-refractivity contribution in [2.75, 3.05) is 37.8 Å². The average molecular weight is 357 g/mol. The average Bonchev–Trinajstić information content (AvgIpc) is 2.55. The second kappa shape index (κ2) is 9.15. The van der Waals surface area contributed by atoms with Crippen molar-refractivity contribution < 1.29 is 9.53 Å². The van der Waals surface area contributed by atoms with Gasteiger partial charge in [-0.05, 0) is 53.1 Å². The van der Waals surface area contributed by atoms with Crippen LogP contribution in [0.25, 0.3) is 0 Å². The van der Waals surface area contributed by atoms with Crippen molar-refractivity contribution >= 4 is 17.5 Å². The molecular weight excluding hydrogens is 330 g/mol.